The van der Waals surface area contributed by atoms with Gasteiger partial charge in [-0.05, 0) is 17.7 Å². The van der Waals surface area contributed by atoms with Gasteiger partial charge in [0, 0.05) is 16.0 Å². The SMILES string of the molecule is N#C[C@H]1CS[C@@H]1c1ccc(Cl)cc1. The maximum atomic E-state index is 8.78. The standard InChI is InChI=1S/C10H8ClNS/c11-9-3-1-7(2-4-9)10-8(5-12)6-13-10/h1-4,8,10H,6H2/t8-,10+/m0/s1. The second-order valence-corrected chi connectivity index (χ2v) is 4.65. The lowest BCUT2D eigenvalue weighted by Gasteiger charge is -2.31. The smallest absolute Gasteiger partial charge is 0.0713 e. The molecule has 0 bridgehead atoms. The second kappa shape index (κ2) is 3.61. The van der Waals surface area contributed by atoms with Crippen LogP contribution in [0.25, 0.3) is 0 Å². The monoisotopic (exact) mass is 209 g/mol. The van der Waals surface area contributed by atoms with Crippen molar-refractivity contribution in [2.24, 2.45) is 5.92 Å². The Morgan fingerprint density at radius 2 is 2.08 bits per heavy atom. The molecule has 1 saturated heterocycles. The number of benzene rings is 1. The number of hydrogen-bond donors (Lipinski definition) is 0. The van der Waals surface area contributed by atoms with Gasteiger partial charge in [0.25, 0.3) is 0 Å². The summed E-state index contributed by atoms with van der Waals surface area (Å²) >= 11 is 7.61. The summed E-state index contributed by atoms with van der Waals surface area (Å²) in [5.74, 6) is 1.15. The minimum Gasteiger partial charge on any atom is -0.198 e. The van der Waals surface area contributed by atoms with E-state index in [0.29, 0.717) is 5.25 Å². The van der Waals surface area contributed by atoms with Gasteiger partial charge in [-0.25, -0.2) is 0 Å². The van der Waals surface area contributed by atoms with Crippen LogP contribution in [-0.2, 0) is 0 Å². The first kappa shape index (κ1) is 8.93. The maximum Gasteiger partial charge on any atom is 0.0713 e. The molecule has 0 unspecified atom stereocenters. The van der Waals surface area contributed by atoms with Crippen LogP contribution in [0.1, 0.15) is 10.8 Å². The van der Waals surface area contributed by atoms with Crippen molar-refractivity contribution in [2.45, 2.75) is 5.25 Å². The molecule has 1 aliphatic heterocycles. The summed E-state index contributed by atoms with van der Waals surface area (Å²) in [6.07, 6.45) is 0. The molecule has 0 spiro atoms. The fourth-order valence-electron chi connectivity index (χ4n) is 1.37. The van der Waals surface area contributed by atoms with Crippen LogP contribution in [0.3, 0.4) is 0 Å². The van der Waals surface area contributed by atoms with Crippen molar-refractivity contribution < 1.29 is 0 Å². The Morgan fingerprint density at radius 1 is 1.38 bits per heavy atom. The van der Waals surface area contributed by atoms with Gasteiger partial charge in [0.2, 0.25) is 0 Å². The molecule has 2 atom stereocenters. The lowest BCUT2D eigenvalue weighted by Crippen LogP contribution is -2.21. The Labute approximate surface area is 86.7 Å². The first-order valence-corrected chi connectivity index (χ1v) is 5.50. The van der Waals surface area contributed by atoms with E-state index >= 15 is 0 Å². The van der Waals surface area contributed by atoms with Crippen molar-refractivity contribution in [2.75, 3.05) is 5.75 Å². The minimum atomic E-state index is 0.186. The fraction of sp³-hybridized carbons (Fsp3) is 0.300. The molecule has 0 amide bonds. The van der Waals surface area contributed by atoms with Crippen molar-refractivity contribution in [3.05, 3.63) is 34.9 Å². The number of halogens is 1. The third-order valence-corrected chi connectivity index (χ3v) is 3.95. The summed E-state index contributed by atoms with van der Waals surface area (Å²) in [4.78, 5) is 0. The van der Waals surface area contributed by atoms with Crippen molar-refractivity contribution in [1.29, 1.82) is 5.26 Å². The molecule has 13 heavy (non-hydrogen) atoms. The molecule has 1 heterocycles. The van der Waals surface area contributed by atoms with E-state index in [-0.39, 0.29) is 5.92 Å². The van der Waals surface area contributed by atoms with Crippen LogP contribution in [0.5, 0.6) is 0 Å². The summed E-state index contributed by atoms with van der Waals surface area (Å²) in [5.41, 5.74) is 1.22. The predicted octanol–water partition coefficient (Wildman–Crippen LogP) is 3.27. The molecule has 0 aromatic heterocycles. The number of hydrogen-bond acceptors (Lipinski definition) is 2. The minimum absolute atomic E-state index is 0.186. The van der Waals surface area contributed by atoms with Crippen LogP contribution < -0.4 is 0 Å². The molecule has 1 aliphatic rings. The van der Waals surface area contributed by atoms with Gasteiger partial charge in [0.05, 0.1) is 12.0 Å². The number of nitriles is 1. The molecular formula is C10H8ClNS. The molecule has 2 rings (SSSR count). The van der Waals surface area contributed by atoms with E-state index < -0.39 is 0 Å². The molecule has 1 fully saturated rings. The van der Waals surface area contributed by atoms with Crippen LogP contribution in [0, 0.1) is 17.2 Å². The molecule has 1 aromatic carbocycles. The molecule has 1 aromatic rings. The van der Waals surface area contributed by atoms with Crippen LogP contribution in [0.4, 0.5) is 0 Å². The van der Waals surface area contributed by atoms with Crippen molar-refractivity contribution in [3.8, 4) is 6.07 Å². The zero-order chi connectivity index (χ0) is 9.26. The largest absolute Gasteiger partial charge is 0.198 e. The second-order valence-electron chi connectivity index (χ2n) is 3.04. The number of nitrogens with zero attached hydrogens (tertiary/aromatic N) is 1. The Bertz CT molecular complexity index is 341. The van der Waals surface area contributed by atoms with E-state index in [1.807, 2.05) is 36.0 Å². The average Bonchev–Trinajstić information content (AvgIpc) is 2.08. The van der Waals surface area contributed by atoms with E-state index in [4.69, 9.17) is 16.9 Å². The van der Waals surface area contributed by atoms with Gasteiger partial charge in [0.15, 0.2) is 0 Å². The van der Waals surface area contributed by atoms with E-state index in [2.05, 4.69) is 6.07 Å². The first-order valence-electron chi connectivity index (χ1n) is 4.08. The Balaban J connectivity index is 2.18. The average molecular weight is 210 g/mol. The summed E-state index contributed by atoms with van der Waals surface area (Å²) in [7, 11) is 0. The van der Waals surface area contributed by atoms with Gasteiger partial charge in [-0.15, -0.1) is 0 Å². The summed E-state index contributed by atoms with van der Waals surface area (Å²) in [6, 6.07) is 10.1. The van der Waals surface area contributed by atoms with E-state index in [9.17, 15) is 0 Å². The lowest BCUT2D eigenvalue weighted by molar-refractivity contribution is 0.682. The van der Waals surface area contributed by atoms with Crippen molar-refractivity contribution in [1.82, 2.24) is 0 Å². The Morgan fingerprint density at radius 3 is 2.54 bits per heavy atom. The predicted molar refractivity (Wildman–Crippen MR) is 55.8 cm³/mol. The van der Waals surface area contributed by atoms with Crippen LogP contribution in [0.15, 0.2) is 24.3 Å². The number of rotatable bonds is 1. The summed E-state index contributed by atoms with van der Waals surface area (Å²) in [5, 5.41) is 9.90. The van der Waals surface area contributed by atoms with Gasteiger partial charge in [-0.3, -0.25) is 0 Å². The molecule has 66 valence electrons. The Hall–Kier alpha value is -0.650. The van der Waals surface area contributed by atoms with E-state index in [0.717, 1.165) is 10.8 Å². The van der Waals surface area contributed by atoms with Crippen molar-refractivity contribution in [3.63, 3.8) is 0 Å². The first-order chi connectivity index (χ1) is 6.31. The highest BCUT2D eigenvalue weighted by Crippen LogP contribution is 2.47. The van der Waals surface area contributed by atoms with Gasteiger partial charge >= 0.3 is 0 Å². The molecule has 1 nitrogen and oxygen atoms in total. The molecule has 3 heteroatoms. The fourth-order valence-corrected chi connectivity index (χ4v) is 2.56. The zero-order valence-electron chi connectivity index (χ0n) is 6.90. The maximum absolute atomic E-state index is 8.78. The van der Waals surface area contributed by atoms with Crippen LogP contribution >= 0.6 is 23.4 Å². The van der Waals surface area contributed by atoms with Crippen LogP contribution in [0.2, 0.25) is 5.02 Å². The summed E-state index contributed by atoms with van der Waals surface area (Å²) in [6.45, 7) is 0. The third kappa shape index (κ3) is 1.67. The van der Waals surface area contributed by atoms with Gasteiger partial charge in [-0.1, -0.05) is 23.7 Å². The highest BCUT2D eigenvalue weighted by atomic mass is 35.5. The quantitative estimate of drug-likeness (QED) is 0.709. The topological polar surface area (TPSA) is 23.8 Å². The van der Waals surface area contributed by atoms with Crippen molar-refractivity contribution >= 4 is 23.4 Å². The highest BCUT2D eigenvalue weighted by molar-refractivity contribution is 8.00. The molecule has 0 radical (unpaired) electrons. The van der Waals surface area contributed by atoms with Gasteiger partial charge < -0.3 is 0 Å². The molecule has 0 N–H and O–H groups in total. The zero-order valence-corrected chi connectivity index (χ0v) is 8.48. The van der Waals surface area contributed by atoms with Crippen LogP contribution in [-0.4, -0.2) is 5.75 Å². The summed E-state index contributed by atoms with van der Waals surface area (Å²) < 4.78 is 0. The van der Waals surface area contributed by atoms with E-state index in [1.165, 1.54) is 5.56 Å². The molecule has 0 saturated carbocycles. The molecule has 0 aliphatic carbocycles. The Kier molecular flexibility index (Phi) is 2.48. The number of thioether (sulfide) groups is 1. The van der Waals surface area contributed by atoms with E-state index in [1.54, 1.807) is 0 Å². The lowest BCUT2D eigenvalue weighted by atomic mass is 10.0. The highest BCUT2D eigenvalue weighted by Gasteiger charge is 2.32. The van der Waals surface area contributed by atoms with Gasteiger partial charge in [-0.2, -0.15) is 17.0 Å². The molecular weight excluding hydrogens is 202 g/mol. The third-order valence-electron chi connectivity index (χ3n) is 2.19. The normalized spacial score (nSPS) is 26.2. The van der Waals surface area contributed by atoms with Gasteiger partial charge in [0.1, 0.15) is 0 Å².